The quantitative estimate of drug-likeness (QED) is 0.539. The molecule has 2 aromatic carbocycles. The van der Waals surface area contributed by atoms with Crippen molar-refractivity contribution in [1.82, 2.24) is 0 Å². The van der Waals surface area contributed by atoms with E-state index in [1.54, 1.807) is 24.3 Å². The van der Waals surface area contributed by atoms with Gasteiger partial charge in [-0.1, -0.05) is 6.07 Å². The molecule has 1 amide bonds. The van der Waals surface area contributed by atoms with Gasteiger partial charge in [0, 0.05) is 11.4 Å². The van der Waals surface area contributed by atoms with Gasteiger partial charge >= 0.3 is 5.97 Å². The highest BCUT2D eigenvalue weighted by atomic mass is 32.1. The van der Waals surface area contributed by atoms with E-state index in [1.165, 1.54) is 6.07 Å². The van der Waals surface area contributed by atoms with Crippen LogP contribution in [0.5, 0.6) is 5.75 Å². The van der Waals surface area contributed by atoms with Crippen LogP contribution < -0.4 is 15.8 Å². The molecule has 0 radical (unpaired) electrons. The Hall–Kier alpha value is -3.30. The maximum Gasteiger partial charge on any atom is 0.348 e. The number of aromatic carboxylic acids is 1. The number of thiophene rings is 1. The number of hydrogen-bond donors (Lipinski definition) is 3. The Labute approximate surface area is 168 Å². The number of hydrogen-bond acceptors (Lipinski definition) is 5. The molecule has 29 heavy (non-hydrogen) atoms. The molecule has 1 heterocycles. The molecule has 0 atom stereocenters. The number of rotatable bonds is 7. The molecule has 9 heteroatoms. The number of benzene rings is 2. The number of halogens is 2. The second-order valence-corrected chi connectivity index (χ2v) is 6.92. The third-order valence-electron chi connectivity index (χ3n) is 3.89. The Bertz CT molecular complexity index is 1030. The fourth-order valence-corrected chi connectivity index (χ4v) is 3.53. The van der Waals surface area contributed by atoms with Gasteiger partial charge in [0.15, 0.2) is 0 Å². The molecule has 3 aromatic rings. The number of ether oxygens (including phenoxy) is 1. The van der Waals surface area contributed by atoms with Crippen LogP contribution in [0, 0.1) is 11.6 Å². The average molecular weight is 418 g/mol. The third kappa shape index (κ3) is 4.58. The molecule has 4 N–H and O–H groups in total. The highest BCUT2D eigenvalue weighted by Crippen LogP contribution is 2.36. The van der Waals surface area contributed by atoms with Crippen LogP contribution in [0.2, 0.25) is 0 Å². The zero-order valence-corrected chi connectivity index (χ0v) is 15.8. The standard InChI is InChI=1S/C20H16F2N2O4S/c21-13-2-1-3-14(22)17(13)19(25)24-15-10-16(29-18(15)20(26)27)11-4-6-12(7-5-11)28-9-8-23/h1-7,10H,8-9,23H2,(H,24,25)(H,26,27). The van der Waals surface area contributed by atoms with Crippen LogP contribution in [0.25, 0.3) is 10.4 Å². The van der Waals surface area contributed by atoms with Crippen molar-refractivity contribution in [3.05, 3.63) is 70.6 Å². The summed E-state index contributed by atoms with van der Waals surface area (Å²) in [5.74, 6) is -3.81. The molecule has 0 saturated heterocycles. The highest BCUT2D eigenvalue weighted by Gasteiger charge is 2.22. The minimum atomic E-state index is -1.27. The molecule has 0 aliphatic carbocycles. The van der Waals surface area contributed by atoms with Crippen LogP contribution in [-0.2, 0) is 0 Å². The van der Waals surface area contributed by atoms with Crippen molar-refractivity contribution < 1.29 is 28.2 Å². The van der Waals surface area contributed by atoms with E-state index in [0.29, 0.717) is 29.3 Å². The molecule has 0 aliphatic rings. The lowest BCUT2D eigenvalue weighted by Gasteiger charge is -2.06. The third-order valence-corrected chi connectivity index (χ3v) is 5.06. The Balaban J connectivity index is 1.89. The predicted molar refractivity (Wildman–Crippen MR) is 106 cm³/mol. The fraction of sp³-hybridized carbons (Fsp3) is 0.100. The van der Waals surface area contributed by atoms with Gasteiger partial charge in [-0.2, -0.15) is 0 Å². The van der Waals surface area contributed by atoms with E-state index >= 15 is 0 Å². The summed E-state index contributed by atoms with van der Waals surface area (Å²) in [4.78, 5) is 24.3. The Morgan fingerprint density at radius 2 is 1.76 bits per heavy atom. The zero-order chi connectivity index (χ0) is 21.0. The van der Waals surface area contributed by atoms with Gasteiger partial charge in [0.2, 0.25) is 0 Å². The van der Waals surface area contributed by atoms with Gasteiger partial charge in [0.05, 0.1) is 5.69 Å². The first-order valence-corrected chi connectivity index (χ1v) is 9.28. The first kappa shape index (κ1) is 20.4. The zero-order valence-electron chi connectivity index (χ0n) is 14.9. The summed E-state index contributed by atoms with van der Waals surface area (Å²) in [6.45, 7) is 0.741. The number of carboxylic acid groups (broad SMARTS) is 1. The minimum absolute atomic E-state index is 0.0476. The summed E-state index contributed by atoms with van der Waals surface area (Å²) in [6, 6.07) is 11.3. The number of carbonyl (C=O) groups excluding carboxylic acids is 1. The second-order valence-electron chi connectivity index (χ2n) is 5.87. The summed E-state index contributed by atoms with van der Waals surface area (Å²) in [5.41, 5.74) is 5.25. The predicted octanol–water partition coefficient (Wildman–Crippen LogP) is 3.98. The molecule has 0 bridgehead atoms. The molecule has 1 aromatic heterocycles. The normalized spacial score (nSPS) is 10.6. The van der Waals surface area contributed by atoms with Crippen LogP contribution in [-0.4, -0.2) is 30.1 Å². The Kier molecular flexibility index (Phi) is 6.20. The van der Waals surface area contributed by atoms with E-state index in [0.717, 1.165) is 29.5 Å². The topological polar surface area (TPSA) is 102 Å². The lowest BCUT2D eigenvalue weighted by molar-refractivity contribution is 0.0703. The van der Waals surface area contributed by atoms with Crippen LogP contribution in [0.15, 0.2) is 48.5 Å². The number of nitrogens with one attached hydrogen (secondary N) is 1. The molecule has 0 saturated carbocycles. The van der Waals surface area contributed by atoms with Crippen molar-refractivity contribution in [2.24, 2.45) is 5.73 Å². The lowest BCUT2D eigenvalue weighted by atomic mass is 10.1. The van der Waals surface area contributed by atoms with E-state index in [9.17, 15) is 23.5 Å². The maximum atomic E-state index is 13.8. The van der Waals surface area contributed by atoms with E-state index in [4.69, 9.17) is 10.5 Å². The van der Waals surface area contributed by atoms with Crippen LogP contribution in [0.1, 0.15) is 20.0 Å². The van der Waals surface area contributed by atoms with E-state index < -0.39 is 29.1 Å². The number of anilines is 1. The molecule has 0 aliphatic heterocycles. The molecule has 150 valence electrons. The van der Waals surface area contributed by atoms with Gasteiger partial charge in [-0.3, -0.25) is 4.79 Å². The molecular weight excluding hydrogens is 402 g/mol. The van der Waals surface area contributed by atoms with Gasteiger partial charge in [-0.05, 0) is 48.0 Å². The largest absolute Gasteiger partial charge is 0.492 e. The van der Waals surface area contributed by atoms with E-state index in [2.05, 4.69) is 5.32 Å². The van der Waals surface area contributed by atoms with Gasteiger partial charge < -0.3 is 20.9 Å². The van der Waals surface area contributed by atoms with Crippen molar-refractivity contribution in [1.29, 1.82) is 0 Å². The second kappa shape index (κ2) is 8.80. The first-order valence-electron chi connectivity index (χ1n) is 8.46. The molecule has 3 rings (SSSR count). The lowest BCUT2D eigenvalue weighted by Crippen LogP contribution is -2.16. The van der Waals surface area contributed by atoms with Crippen molar-refractivity contribution in [3.63, 3.8) is 0 Å². The fourth-order valence-electron chi connectivity index (χ4n) is 2.58. The minimum Gasteiger partial charge on any atom is -0.492 e. The van der Waals surface area contributed by atoms with Crippen LogP contribution in [0.4, 0.5) is 14.5 Å². The van der Waals surface area contributed by atoms with Crippen LogP contribution in [0.3, 0.4) is 0 Å². The molecule has 0 unspecified atom stereocenters. The number of nitrogens with two attached hydrogens (primary N) is 1. The van der Waals surface area contributed by atoms with Crippen molar-refractivity contribution >= 4 is 28.9 Å². The number of amides is 1. The Morgan fingerprint density at radius 3 is 2.34 bits per heavy atom. The summed E-state index contributed by atoms with van der Waals surface area (Å²) >= 11 is 0.927. The summed E-state index contributed by atoms with van der Waals surface area (Å²) < 4.78 is 33.0. The molecule has 0 fully saturated rings. The van der Waals surface area contributed by atoms with Gasteiger partial charge in [-0.25, -0.2) is 13.6 Å². The monoisotopic (exact) mass is 418 g/mol. The van der Waals surface area contributed by atoms with Crippen molar-refractivity contribution in [2.45, 2.75) is 0 Å². The molecule has 0 spiro atoms. The van der Waals surface area contributed by atoms with Gasteiger partial charge in [0.25, 0.3) is 5.91 Å². The molecular formula is C20H16F2N2O4S. The summed E-state index contributed by atoms with van der Waals surface area (Å²) in [5, 5.41) is 11.7. The summed E-state index contributed by atoms with van der Waals surface area (Å²) in [7, 11) is 0. The number of carbonyl (C=O) groups is 2. The maximum absolute atomic E-state index is 13.8. The average Bonchev–Trinajstić information content (AvgIpc) is 3.10. The van der Waals surface area contributed by atoms with E-state index in [1.807, 2.05) is 0 Å². The highest BCUT2D eigenvalue weighted by molar-refractivity contribution is 7.18. The Morgan fingerprint density at radius 1 is 1.10 bits per heavy atom. The van der Waals surface area contributed by atoms with Gasteiger partial charge in [-0.15, -0.1) is 11.3 Å². The first-order chi connectivity index (χ1) is 13.9. The van der Waals surface area contributed by atoms with E-state index in [-0.39, 0.29) is 10.6 Å². The smallest absolute Gasteiger partial charge is 0.348 e. The number of carboxylic acids is 1. The summed E-state index contributed by atoms with van der Waals surface area (Å²) in [6.07, 6.45) is 0. The SMILES string of the molecule is NCCOc1ccc(-c2cc(NC(=O)c3c(F)cccc3F)c(C(=O)O)s2)cc1. The van der Waals surface area contributed by atoms with Crippen molar-refractivity contribution in [3.8, 4) is 16.2 Å². The molecule has 6 nitrogen and oxygen atoms in total. The van der Waals surface area contributed by atoms with Gasteiger partial charge in [0.1, 0.15) is 34.4 Å². The van der Waals surface area contributed by atoms with Crippen molar-refractivity contribution in [2.75, 3.05) is 18.5 Å². The van der Waals surface area contributed by atoms with Crippen LogP contribution >= 0.6 is 11.3 Å².